The molecule has 1 heterocycles. The van der Waals surface area contributed by atoms with Crippen molar-refractivity contribution in [2.75, 3.05) is 20.7 Å². The van der Waals surface area contributed by atoms with Gasteiger partial charge in [0.15, 0.2) is 0 Å². The Morgan fingerprint density at radius 2 is 1.91 bits per heavy atom. The molecule has 184 valence electrons. The summed E-state index contributed by atoms with van der Waals surface area (Å²) in [5.41, 5.74) is 15.6. The van der Waals surface area contributed by atoms with Gasteiger partial charge in [0.25, 0.3) is 5.91 Å². The van der Waals surface area contributed by atoms with Gasteiger partial charge in [0, 0.05) is 35.4 Å². The van der Waals surface area contributed by atoms with E-state index in [4.69, 9.17) is 39.4 Å². The minimum absolute atomic E-state index is 0.222. The van der Waals surface area contributed by atoms with Crippen LogP contribution in [0, 0.1) is 0 Å². The summed E-state index contributed by atoms with van der Waals surface area (Å²) in [4.78, 5) is 31.7. The second-order valence-electron chi connectivity index (χ2n) is 8.93. The fourth-order valence-corrected chi connectivity index (χ4v) is 5.27. The molecule has 0 radical (unpaired) electrons. The average Bonchev–Trinajstić information content (AvgIpc) is 3.64. The summed E-state index contributed by atoms with van der Waals surface area (Å²) in [5.74, 6) is -0.135. The first-order valence-electron chi connectivity index (χ1n) is 11.3. The number of nitrogens with two attached hydrogens (primary N) is 2. The molecule has 9 heteroatoms. The number of benzene rings is 2. The van der Waals surface area contributed by atoms with Gasteiger partial charge in [-0.2, -0.15) is 0 Å². The number of carbonyl (C=O) groups is 2. The van der Waals surface area contributed by atoms with Crippen molar-refractivity contribution in [3.63, 3.8) is 0 Å². The van der Waals surface area contributed by atoms with Gasteiger partial charge in [0.2, 0.25) is 5.91 Å². The highest BCUT2D eigenvalue weighted by Crippen LogP contribution is 2.49. The van der Waals surface area contributed by atoms with Gasteiger partial charge in [0.1, 0.15) is 5.75 Å². The maximum atomic E-state index is 13.3. The van der Waals surface area contributed by atoms with Gasteiger partial charge in [-0.25, -0.2) is 0 Å². The first kappa shape index (κ1) is 25.1. The lowest BCUT2D eigenvalue weighted by molar-refractivity contribution is -0.120. The monoisotopic (exact) mass is 514 g/mol. The van der Waals surface area contributed by atoms with E-state index in [1.54, 1.807) is 36.2 Å². The van der Waals surface area contributed by atoms with Crippen molar-refractivity contribution in [3.05, 3.63) is 74.4 Å². The lowest BCUT2D eigenvalue weighted by atomic mass is 9.88. The molecule has 1 saturated carbocycles. The highest BCUT2D eigenvalue weighted by atomic mass is 35.5. The van der Waals surface area contributed by atoms with Gasteiger partial charge in [-0.15, -0.1) is 0 Å². The van der Waals surface area contributed by atoms with E-state index in [1.165, 1.54) is 7.11 Å². The van der Waals surface area contributed by atoms with Crippen LogP contribution in [0.15, 0.2) is 52.7 Å². The van der Waals surface area contributed by atoms with Gasteiger partial charge in [-0.3, -0.25) is 14.6 Å². The van der Waals surface area contributed by atoms with E-state index in [9.17, 15) is 9.59 Å². The molecule has 1 aliphatic heterocycles. The van der Waals surface area contributed by atoms with Crippen molar-refractivity contribution < 1.29 is 14.3 Å². The molecule has 2 amide bonds. The third-order valence-electron chi connectivity index (χ3n) is 7.00. The first-order valence-corrected chi connectivity index (χ1v) is 12.1. The van der Waals surface area contributed by atoms with E-state index >= 15 is 0 Å². The van der Waals surface area contributed by atoms with E-state index in [2.05, 4.69) is 4.99 Å². The quantitative estimate of drug-likeness (QED) is 0.565. The number of ether oxygens (including phenoxy) is 1. The number of aliphatic imine (C=N–C) groups is 1. The molecule has 35 heavy (non-hydrogen) atoms. The Kier molecular flexibility index (Phi) is 6.84. The van der Waals surface area contributed by atoms with Crippen LogP contribution in [0.5, 0.6) is 5.75 Å². The zero-order chi connectivity index (χ0) is 25.5. The second kappa shape index (κ2) is 9.55. The van der Waals surface area contributed by atoms with Crippen molar-refractivity contribution in [2.24, 2.45) is 16.5 Å². The Morgan fingerprint density at radius 1 is 1.20 bits per heavy atom. The standard InChI is InChI=1S/C26H28Cl2N4O3/c1-14-22(29)19(7-10-32(14)24(33)18-5-4-6-20(35-3)21(18)28)23(31-2)15-11-16(13-17(27)12-15)26(8-9-26)25(30)34/h4-6,11-14H,7-10,29H2,1-3H3,(H2,30,34)/t14-/m0/s1. The maximum Gasteiger partial charge on any atom is 0.256 e. The number of rotatable bonds is 6. The van der Waals surface area contributed by atoms with Crippen LogP contribution in [0.3, 0.4) is 0 Å². The van der Waals surface area contributed by atoms with Gasteiger partial charge in [0.05, 0.1) is 34.9 Å². The van der Waals surface area contributed by atoms with Crippen molar-refractivity contribution in [2.45, 2.75) is 37.6 Å². The first-order chi connectivity index (χ1) is 16.6. The number of nitrogens with zero attached hydrogens (tertiary/aromatic N) is 2. The molecule has 4 rings (SSSR count). The Morgan fingerprint density at radius 3 is 2.51 bits per heavy atom. The number of primary amides is 1. The largest absolute Gasteiger partial charge is 0.495 e. The Balaban J connectivity index is 1.67. The summed E-state index contributed by atoms with van der Waals surface area (Å²) in [5, 5.41) is 0.768. The minimum atomic E-state index is -0.669. The third kappa shape index (κ3) is 4.39. The van der Waals surface area contributed by atoms with Crippen molar-refractivity contribution in [1.29, 1.82) is 0 Å². The number of amides is 2. The van der Waals surface area contributed by atoms with Gasteiger partial charge >= 0.3 is 0 Å². The van der Waals surface area contributed by atoms with Crippen molar-refractivity contribution in [3.8, 4) is 5.75 Å². The smallest absolute Gasteiger partial charge is 0.256 e. The van der Waals surface area contributed by atoms with Crippen LogP contribution in [-0.4, -0.2) is 49.2 Å². The van der Waals surface area contributed by atoms with Crippen molar-refractivity contribution >= 4 is 40.7 Å². The van der Waals surface area contributed by atoms with Crippen LogP contribution in [-0.2, 0) is 10.2 Å². The van der Waals surface area contributed by atoms with E-state index in [-0.39, 0.29) is 22.9 Å². The van der Waals surface area contributed by atoms with Gasteiger partial charge in [-0.1, -0.05) is 29.3 Å². The number of methoxy groups -OCH3 is 1. The van der Waals surface area contributed by atoms with E-state index < -0.39 is 5.41 Å². The predicted octanol–water partition coefficient (Wildman–Crippen LogP) is 4.09. The average molecular weight is 515 g/mol. The maximum absolute atomic E-state index is 13.3. The zero-order valence-electron chi connectivity index (χ0n) is 19.9. The van der Waals surface area contributed by atoms with E-state index in [1.807, 2.05) is 19.1 Å². The summed E-state index contributed by atoms with van der Waals surface area (Å²) in [6, 6.07) is 10.2. The molecule has 1 fully saturated rings. The molecule has 1 aliphatic carbocycles. The molecular weight excluding hydrogens is 487 g/mol. The second-order valence-corrected chi connectivity index (χ2v) is 9.74. The number of halogens is 2. The molecule has 0 unspecified atom stereocenters. The van der Waals surface area contributed by atoms with E-state index in [0.29, 0.717) is 53.6 Å². The molecule has 0 bridgehead atoms. The highest BCUT2D eigenvalue weighted by molar-refractivity contribution is 6.35. The molecule has 2 aromatic rings. The molecule has 0 spiro atoms. The summed E-state index contributed by atoms with van der Waals surface area (Å²) in [7, 11) is 3.20. The van der Waals surface area contributed by atoms with Crippen LogP contribution >= 0.6 is 23.2 Å². The topological polar surface area (TPSA) is 111 Å². The number of hydrogen-bond acceptors (Lipinski definition) is 5. The number of carbonyl (C=O) groups excluding carboxylic acids is 2. The molecule has 0 saturated heterocycles. The molecule has 1 atom stereocenters. The summed E-state index contributed by atoms with van der Waals surface area (Å²) >= 11 is 12.8. The SMILES string of the molecule is CN=C(C1=C(N)[C@H](C)N(C(=O)c2cccc(OC)c2Cl)CC1)c1cc(Cl)cc(C2(C(N)=O)CC2)c1. The number of hydrogen-bond donors (Lipinski definition) is 2. The molecule has 0 aromatic heterocycles. The van der Waals surface area contributed by atoms with Crippen LogP contribution in [0.2, 0.25) is 10.0 Å². The summed E-state index contributed by atoms with van der Waals surface area (Å²) in [6.07, 6.45) is 1.90. The van der Waals surface area contributed by atoms with Crippen LogP contribution < -0.4 is 16.2 Å². The zero-order valence-corrected chi connectivity index (χ0v) is 21.4. The summed E-state index contributed by atoms with van der Waals surface area (Å²) in [6.45, 7) is 2.31. The van der Waals surface area contributed by atoms with E-state index in [0.717, 1.165) is 16.7 Å². The minimum Gasteiger partial charge on any atom is -0.495 e. The normalized spacial score (nSPS) is 19.5. The Bertz CT molecular complexity index is 1270. The predicted molar refractivity (Wildman–Crippen MR) is 138 cm³/mol. The third-order valence-corrected chi connectivity index (χ3v) is 7.61. The fourth-order valence-electron chi connectivity index (χ4n) is 4.75. The molecule has 2 aromatic carbocycles. The molecule has 4 N–H and O–H groups in total. The van der Waals surface area contributed by atoms with Crippen LogP contribution in [0.1, 0.15) is 47.7 Å². The lowest BCUT2D eigenvalue weighted by Gasteiger charge is -2.36. The fraction of sp³-hybridized carbons (Fsp3) is 0.346. The van der Waals surface area contributed by atoms with Crippen molar-refractivity contribution in [1.82, 2.24) is 4.90 Å². The lowest BCUT2D eigenvalue weighted by Crippen LogP contribution is -2.46. The molecule has 7 nitrogen and oxygen atoms in total. The Hall–Kier alpha value is -3.03. The van der Waals surface area contributed by atoms with Gasteiger partial charge < -0.3 is 21.1 Å². The highest BCUT2D eigenvalue weighted by Gasteiger charge is 2.50. The molecular formula is C26H28Cl2N4O3. The summed E-state index contributed by atoms with van der Waals surface area (Å²) < 4.78 is 5.25. The van der Waals surface area contributed by atoms with Gasteiger partial charge in [-0.05, 0) is 62.1 Å². The van der Waals surface area contributed by atoms with Crippen LogP contribution in [0.25, 0.3) is 0 Å². The molecule has 2 aliphatic rings. The van der Waals surface area contributed by atoms with Crippen LogP contribution in [0.4, 0.5) is 0 Å². The Labute approximate surface area is 214 Å².